The number of rotatable bonds is 4. The second kappa shape index (κ2) is 5.60. The van der Waals surface area contributed by atoms with Gasteiger partial charge in [0.1, 0.15) is 5.69 Å². The maximum atomic E-state index is 11.2. The van der Waals surface area contributed by atoms with Crippen LogP contribution >= 0.6 is 0 Å². The highest BCUT2D eigenvalue weighted by atomic mass is 16.6. The number of aromatic nitrogens is 1. The minimum absolute atomic E-state index is 0.128. The Hall–Kier alpha value is -2.30. The highest BCUT2D eigenvalue weighted by Crippen LogP contribution is 2.28. The van der Waals surface area contributed by atoms with E-state index in [0.29, 0.717) is 12.2 Å². The smallest absolute Gasteiger partial charge is 0.292 e. The van der Waals surface area contributed by atoms with E-state index in [0.717, 1.165) is 16.7 Å². The molecule has 0 bridgehead atoms. The Morgan fingerprint density at radius 1 is 1.14 bits per heavy atom. The number of benzene rings is 1. The molecule has 5 nitrogen and oxygen atoms in total. The third kappa shape index (κ3) is 2.91. The number of nitrogens with zero attached hydrogens (tertiary/aromatic N) is 2. The lowest BCUT2D eigenvalue weighted by Gasteiger charge is -2.10. The van der Waals surface area contributed by atoms with Crippen molar-refractivity contribution in [3.63, 3.8) is 0 Å². The average Bonchev–Trinajstić information content (AvgIpc) is 2.67. The number of nitro benzene ring substituents is 1. The molecular formula is C16H21N3O2. The molecule has 21 heavy (non-hydrogen) atoms. The lowest BCUT2D eigenvalue weighted by atomic mass is 10.1. The van der Waals surface area contributed by atoms with E-state index >= 15 is 0 Å². The fourth-order valence-electron chi connectivity index (χ4n) is 2.40. The lowest BCUT2D eigenvalue weighted by molar-refractivity contribution is -0.384. The van der Waals surface area contributed by atoms with Gasteiger partial charge in [0.25, 0.3) is 5.69 Å². The Morgan fingerprint density at radius 2 is 1.76 bits per heavy atom. The van der Waals surface area contributed by atoms with E-state index in [1.165, 1.54) is 11.4 Å². The fraction of sp³-hybridized carbons (Fsp3) is 0.375. The zero-order chi connectivity index (χ0) is 15.7. The molecule has 1 aromatic heterocycles. The summed E-state index contributed by atoms with van der Waals surface area (Å²) >= 11 is 0. The van der Waals surface area contributed by atoms with Crippen molar-refractivity contribution >= 4 is 11.4 Å². The first kappa shape index (κ1) is 15.1. The van der Waals surface area contributed by atoms with E-state index in [4.69, 9.17) is 0 Å². The van der Waals surface area contributed by atoms with Crippen molar-refractivity contribution in [3.8, 4) is 0 Å². The predicted molar refractivity (Wildman–Crippen MR) is 84.8 cm³/mol. The molecule has 1 aromatic carbocycles. The van der Waals surface area contributed by atoms with E-state index < -0.39 is 0 Å². The highest BCUT2D eigenvalue weighted by Gasteiger charge is 2.16. The van der Waals surface area contributed by atoms with Gasteiger partial charge in [0.2, 0.25) is 0 Å². The first-order valence-electron chi connectivity index (χ1n) is 6.92. The molecule has 0 radical (unpaired) electrons. The summed E-state index contributed by atoms with van der Waals surface area (Å²) in [6.45, 7) is 8.53. The molecule has 0 amide bonds. The van der Waals surface area contributed by atoms with Crippen molar-refractivity contribution in [2.24, 2.45) is 7.05 Å². The molecule has 0 aliphatic rings. The van der Waals surface area contributed by atoms with Gasteiger partial charge in [-0.1, -0.05) is 0 Å². The first-order chi connectivity index (χ1) is 9.81. The fourth-order valence-corrected chi connectivity index (χ4v) is 2.40. The Kier molecular flexibility index (Phi) is 4.02. The summed E-state index contributed by atoms with van der Waals surface area (Å²) in [5, 5.41) is 14.4. The Balaban J connectivity index is 2.29. The molecule has 0 atom stereocenters. The Labute approximate surface area is 124 Å². The molecule has 0 fully saturated rings. The summed E-state index contributed by atoms with van der Waals surface area (Å²) < 4.78 is 2.12. The molecular weight excluding hydrogens is 266 g/mol. The standard InChI is InChI=1S/C16H21N3O2/c1-10-6-15(16(19(20)21)7-11(10)2)17-9-14-8-12(3)18(5)13(14)4/h6-8,17H,9H2,1-5H3. The summed E-state index contributed by atoms with van der Waals surface area (Å²) in [5.41, 5.74) is 6.18. The summed E-state index contributed by atoms with van der Waals surface area (Å²) in [5.74, 6) is 0. The van der Waals surface area contributed by atoms with Gasteiger partial charge in [-0.2, -0.15) is 0 Å². The topological polar surface area (TPSA) is 60.1 Å². The van der Waals surface area contributed by atoms with Gasteiger partial charge in [-0.25, -0.2) is 0 Å². The molecule has 0 aliphatic carbocycles. The molecule has 2 aromatic rings. The highest BCUT2D eigenvalue weighted by molar-refractivity contribution is 5.64. The molecule has 0 aliphatic heterocycles. The van der Waals surface area contributed by atoms with Crippen LogP contribution in [-0.4, -0.2) is 9.49 Å². The van der Waals surface area contributed by atoms with Crippen molar-refractivity contribution in [1.82, 2.24) is 4.57 Å². The van der Waals surface area contributed by atoms with Gasteiger partial charge >= 0.3 is 0 Å². The number of nitrogens with one attached hydrogen (secondary N) is 1. The monoisotopic (exact) mass is 287 g/mol. The normalized spacial score (nSPS) is 10.7. The first-order valence-corrected chi connectivity index (χ1v) is 6.92. The van der Waals surface area contributed by atoms with Gasteiger partial charge in [-0.15, -0.1) is 0 Å². The average molecular weight is 287 g/mol. The zero-order valence-corrected chi connectivity index (χ0v) is 13.2. The Morgan fingerprint density at radius 3 is 2.29 bits per heavy atom. The number of hydrogen-bond donors (Lipinski definition) is 1. The molecule has 1 N–H and O–H groups in total. The predicted octanol–water partition coefficient (Wildman–Crippen LogP) is 3.78. The lowest BCUT2D eigenvalue weighted by Crippen LogP contribution is -2.05. The van der Waals surface area contributed by atoms with Crippen LogP contribution < -0.4 is 5.32 Å². The van der Waals surface area contributed by atoms with Gasteiger partial charge in [0.15, 0.2) is 0 Å². The van der Waals surface area contributed by atoms with Crippen LogP contribution in [0.25, 0.3) is 0 Å². The van der Waals surface area contributed by atoms with Gasteiger partial charge in [-0.3, -0.25) is 10.1 Å². The summed E-state index contributed by atoms with van der Waals surface area (Å²) in [6.07, 6.45) is 0. The van der Waals surface area contributed by atoms with Crippen LogP contribution in [0.1, 0.15) is 28.1 Å². The molecule has 0 saturated carbocycles. The largest absolute Gasteiger partial charge is 0.375 e. The summed E-state index contributed by atoms with van der Waals surface area (Å²) in [6, 6.07) is 5.58. The molecule has 0 spiro atoms. The van der Waals surface area contributed by atoms with E-state index in [9.17, 15) is 10.1 Å². The second-order valence-corrected chi connectivity index (χ2v) is 5.52. The third-order valence-electron chi connectivity index (χ3n) is 4.16. The van der Waals surface area contributed by atoms with Crippen LogP contribution in [-0.2, 0) is 13.6 Å². The SMILES string of the molecule is Cc1cc(NCc2cc(C)n(C)c2C)c([N+](=O)[O-])cc1C. The number of aryl methyl sites for hydroxylation is 3. The van der Waals surface area contributed by atoms with Crippen molar-refractivity contribution in [3.05, 3.63) is 56.4 Å². The summed E-state index contributed by atoms with van der Waals surface area (Å²) in [4.78, 5) is 10.8. The molecule has 112 valence electrons. The van der Waals surface area contributed by atoms with E-state index in [1.807, 2.05) is 27.0 Å². The van der Waals surface area contributed by atoms with E-state index in [-0.39, 0.29) is 10.6 Å². The van der Waals surface area contributed by atoms with Crippen molar-refractivity contribution in [2.45, 2.75) is 34.2 Å². The van der Waals surface area contributed by atoms with Gasteiger partial charge in [0.05, 0.1) is 4.92 Å². The van der Waals surface area contributed by atoms with Crippen molar-refractivity contribution in [1.29, 1.82) is 0 Å². The van der Waals surface area contributed by atoms with E-state index in [1.54, 1.807) is 6.07 Å². The Bertz CT molecular complexity index is 702. The van der Waals surface area contributed by atoms with Crippen LogP contribution in [0.5, 0.6) is 0 Å². The molecule has 2 rings (SSSR count). The van der Waals surface area contributed by atoms with E-state index in [2.05, 4.69) is 29.8 Å². The number of anilines is 1. The molecule has 0 saturated heterocycles. The van der Waals surface area contributed by atoms with Gasteiger partial charge in [-0.05, 0) is 56.5 Å². The summed E-state index contributed by atoms with van der Waals surface area (Å²) in [7, 11) is 2.02. The molecule has 0 unspecified atom stereocenters. The van der Waals surface area contributed by atoms with Crippen LogP contribution in [0.4, 0.5) is 11.4 Å². The maximum Gasteiger partial charge on any atom is 0.292 e. The van der Waals surface area contributed by atoms with Gasteiger partial charge in [0, 0.05) is 31.0 Å². The zero-order valence-electron chi connectivity index (χ0n) is 13.2. The van der Waals surface area contributed by atoms with Crippen LogP contribution in [0.3, 0.4) is 0 Å². The minimum Gasteiger partial charge on any atom is -0.375 e. The quantitative estimate of drug-likeness (QED) is 0.687. The van der Waals surface area contributed by atoms with Crippen molar-refractivity contribution < 1.29 is 4.92 Å². The maximum absolute atomic E-state index is 11.2. The molecule has 1 heterocycles. The second-order valence-electron chi connectivity index (χ2n) is 5.52. The van der Waals surface area contributed by atoms with Crippen LogP contribution in [0, 0.1) is 37.8 Å². The van der Waals surface area contributed by atoms with Crippen molar-refractivity contribution in [2.75, 3.05) is 5.32 Å². The van der Waals surface area contributed by atoms with Crippen LogP contribution in [0.2, 0.25) is 0 Å². The molecule has 5 heteroatoms. The third-order valence-corrected chi connectivity index (χ3v) is 4.16. The van der Waals surface area contributed by atoms with Gasteiger partial charge < -0.3 is 9.88 Å². The van der Waals surface area contributed by atoms with Crippen LogP contribution in [0.15, 0.2) is 18.2 Å². The minimum atomic E-state index is -0.335. The number of hydrogen-bond acceptors (Lipinski definition) is 3. The number of nitro groups is 1.